The molecular formula is C23H40O4Si. The van der Waals surface area contributed by atoms with Crippen LogP contribution >= 0.6 is 0 Å². The van der Waals surface area contributed by atoms with Gasteiger partial charge in [0.25, 0.3) is 0 Å². The molecule has 0 saturated heterocycles. The van der Waals surface area contributed by atoms with Gasteiger partial charge in [-0.2, -0.15) is 0 Å². The minimum atomic E-state index is -1.66. The number of hydrogen-bond acceptors (Lipinski definition) is 4. The van der Waals surface area contributed by atoms with Crippen LogP contribution in [0.1, 0.15) is 70.4 Å². The Morgan fingerprint density at radius 2 is 1.71 bits per heavy atom. The minimum absolute atomic E-state index is 0.160. The molecule has 1 aromatic rings. The maximum Gasteiger partial charge on any atom is 0.191 e. The predicted molar refractivity (Wildman–Crippen MR) is 119 cm³/mol. The fraction of sp³-hybridized carbons (Fsp3) is 0.696. The first-order chi connectivity index (χ1) is 12.9. The molecular weight excluding hydrogens is 368 g/mol. The van der Waals surface area contributed by atoms with Gasteiger partial charge in [0.1, 0.15) is 17.3 Å². The number of methoxy groups -OCH3 is 2. The van der Waals surface area contributed by atoms with E-state index in [1.807, 2.05) is 26.0 Å². The van der Waals surface area contributed by atoms with Gasteiger partial charge >= 0.3 is 0 Å². The number of carbonyl (C=O) groups excluding carboxylic acids is 1. The van der Waals surface area contributed by atoms with Crippen molar-refractivity contribution in [3.8, 4) is 11.5 Å². The zero-order valence-electron chi connectivity index (χ0n) is 19.4. The fourth-order valence-electron chi connectivity index (χ4n) is 2.97. The van der Waals surface area contributed by atoms with Crippen LogP contribution in [0.3, 0.4) is 0 Å². The maximum absolute atomic E-state index is 12.7. The number of Topliss-reactive ketones (excluding diaryl/α,β-unsaturated/α-hetero) is 1. The molecule has 5 heteroatoms. The summed E-state index contributed by atoms with van der Waals surface area (Å²) in [6.45, 7) is 16.1. The van der Waals surface area contributed by atoms with Crippen LogP contribution in [0, 0.1) is 6.92 Å². The summed E-state index contributed by atoms with van der Waals surface area (Å²) in [5.74, 6) is 1.59. The van der Waals surface area contributed by atoms with Crippen LogP contribution < -0.4 is 9.47 Å². The highest BCUT2D eigenvalue weighted by atomic mass is 28.4. The van der Waals surface area contributed by atoms with Gasteiger partial charge < -0.3 is 13.9 Å². The van der Waals surface area contributed by atoms with E-state index in [0.29, 0.717) is 6.42 Å². The van der Waals surface area contributed by atoms with Crippen molar-refractivity contribution in [2.45, 2.75) is 84.4 Å². The van der Waals surface area contributed by atoms with Crippen LogP contribution in [0.5, 0.6) is 11.5 Å². The number of rotatable bonds is 11. The van der Waals surface area contributed by atoms with Gasteiger partial charge in [-0.15, -0.1) is 0 Å². The Bertz CT molecular complexity index is 647. The molecule has 0 bridgehead atoms. The van der Waals surface area contributed by atoms with Gasteiger partial charge in [-0.25, -0.2) is 0 Å². The summed E-state index contributed by atoms with van der Waals surface area (Å²) in [5, 5.41) is 0.244. The zero-order chi connectivity index (χ0) is 21.5. The van der Waals surface area contributed by atoms with E-state index in [1.54, 1.807) is 14.2 Å². The van der Waals surface area contributed by atoms with E-state index < -0.39 is 8.32 Å². The molecule has 0 radical (unpaired) electrons. The average Bonchev–Trinajstić information content (AvgIpc) is 2.62. The summed E-state index contributed by atoms with van der Waals surface area (Å²) < 4.78 is 17.0. The SMILES string of the molecule is COc1cc(OC)c(C)c([C@@H](C)C(=O)CCCCCO[Si](C)(C)C(C)(C)C)c1. The monoisotopic (exact) mass is 408 g/mol. The highest BCUT2D eigenvalue weighted by Crippen LogP contribution is 2.37. The van der Waals surface area contributed by atoms with Crippen LogP contribution in [0.4, 0.5) is 0 Å². The smallest absolute Gasteiger partial charge is 0.191 e. The Hall–Kier alpha value is -1.33. The largest absolute Gasteiger partial charge is 0.497 e. The number of carbonyl (C=O) groups is 1. The molecule has 0 aliphatic heterocycles. The molecule has 0 aliphatic carbocycles. The van der Waals surface area contributed by atoms with Crippen LogP contribution in [0.15, 0.2) is 12.1 Å². The van der Waals surface area contributed by atoms with Gasteiger partial charge in [-0.3, -0.25) is 4.79 Å². The third-order valence-electron chi connectivity index (χ3n) is 6.12. The van der Waals surface area contributed by atoms with Gasteiger partial charge in [0, 0.05) is 25.0 Å². The molecule has 28 heavy (non-hydrogen) atoms. The number of ether oxygens (including phenoxy) is 2. The summed E-state index contributed by atoms with van der Waals surface area (Å²) >= 11 is 0. The molecule has 0 unspecified atom stereocenters. The number of unbranched alkanes of at least 4 members (excludes halogenated alkanes) is 2. The van der Waals surface area contributed by atoms with Crippen molar-refractivity contribution in [1.82, 2.24) is 0 Å². The molecule has 0 amide bonds. The Kier molecular flexibility index (Phi) is 9.22. The van der Waals surface area contributed by atoms with Crippen LogP contribution in [0.25, 0.3) is 0 Å². The van der Waals surface area contributed by atoms with Crippen LogP contribution in [-0.2, 0) is 9.22 Å². The molecule has 4 nitrogen and oxygen atoms in total. The van der Waals surface area contributed by atoms with Crippen molar-refractivity contribution in [3.63, 3.8) is 0 Å². The van der Waals surface area contributed by atoms with Crippen molar-refractivity contribution in [2.75, 3.05) is 20.8 Å². The lowest BCUT2D eigenvalue weighted by Gasteiger charge is -2.36. The van der Waals surface area contributed by atoms with E-state index in [1.165, 1.54) is 0 Å². The molecule has 1 atom stereocenters. The van der Waals surface area contributed by atoms with Crippen molar-refractivity contribution >= 4 is 14.1 Å². The van der Waals surface area contributed by atoms with Gasteiger partial charge in [0.05, 0.1) is 14.2 Å². The summed E-state index contributed by atoms with van der Waals surface area (Å²) in [4.78, 5) is 12.7. The number of benzene rings is 1. The fourth-order valence-corrected chi connectivity index (χ4v) is 4.06. The van der Waals surface area contributed by atoms with Gasteiger partial charge in [0.2, 0.25) is 0 Å². The van der Waals surface area contributed by atoms with Crippen molar-refractivity contribution < 1.29 is 18.7 Å². The van der Waals surface area contributed by atoms with Crippen LogP contribution in [0.2, 0.25) is 18.1 Å². The summed E-state index contributed by atoms with van der Waals surface area (Å²) in [6, 6.07) is 3.81. The average molecular weight is 409 g/mol. The minimum Gasteiger partial charge on any atom is -0.497 e. The second-order valence-electron chi connectivity index (χ2n) is 9.15. The number of hydrogen-bond donors (Lipinski definition) is 0. The Morgan fingerprint density at radius 3 is 2.25 bits per heavy atom. The Morgan fingerprint density at radius 1 is 1.07 bits per heavy atom. The molecule has 0 N–H and O–H groups in total. The van der Waals surface area contributed by atoms with Gasteiger partial charge in [-0.05, 0) is 55.1 Å². The van der Waals surface area contributed by atoms with Gasteiger partial charge in [0.15, 0.2) is 8.32 Å². The van der Waals surface area contributed by atoms with E-state index in [2.05, 4.69) is 33.9 Å². The highest BCUT2D eigenvalue weighted by molar-refractivity contribution is 6.74. The molecule has 0 spiro atoms. The molecule has 0 aromatic heterocycles. The molecule has 0 aliphatic rings. The topological polar surface area (TPSA) is 44.8 Å². The van der Waals surface area contributed by atoms with Gasteiger partial charge in [-0.1, -0.05) is 34.1 Å². The Balaban J connectivity index is 2.52. The standard InChI is InChI=1S/C23H40O4Si/c1-17(20-15-19(25-6)16-22(26-7)18(20)2)21(24)13-11-10-12-14-27-28(8,9)23(3,4)5/h15-17H,10-14H2,1-9H3/t17-/m1/s1. The van der Waals surface area contributed by atoms with Crippen molar-refractivity contribution in [3.05, 3.63) is 23.3 Å². The van der Waals surface area contributed by atoms with Crippen molar-refractivity contribution in [2.24, 2.45) is 0 Å². The second-order valence-corrected chi connectivity index (χ2v) is 14.0. The molecule has 1 aromatic carbocycles. The normalized spacial score (nSPS) is 13.3. The Labute approximate surface area is 173 Å². The first-order valence-corrected chi connectivity index (χ1v) is 13.2. The zero-order valence-corrected chi connectivity index (χ0v) is 20.4. The summed E-state index contributed by atoms with van der Waals surface area (Å²) in [5.41, 5.74) is 1.99. The van der Waals surface area contributed by atoms with E-state index in [4.69, 9.17) is 13.9 Å². The maximum atomic E-state index is 12.7. The molecule has 1 rings (SSSR count). The lowest BCUT2D eigenvalue weighted by Crippen LogP contribution is -2.40. The van der Waals surface area contributed by atoms with E-state index >= 15 is 0 Å². The highest BCUT2D eigenvalue weighted by Gasteiger charge is 2.36. The third-order valence-corrected chi connectivity index (χ3v) is 10.7. The van der Waals surface area contributed by atoms with Crippen LogP contribution in [-0.4, -0.2) is 34.9 Å². The first-order valence-electron chi connectivity index (χ1n) is 10.3. The lowest BCUT2D eigenvalue weighted by atomic mass is 9.90. The predicted octanol–water partition coefficient (Wildman–Crippen LogP) is 6.27. The van der Waals surface area contributed by atoms with E-state index in [9.17, 15) is 4.79 Å². The first kappa shape index (κ1) is 24.7. The van der Waals surface area contributed by atoms with Crippen molar-refractivity contribution in [1.29, 1.82) is 0 Å². The molecule has 0 saturated carbocycles. The molecule has 0 heterocycles. The van der Waals surface area contributed by atoms with E-state index in [0.717, 1.165) is 48.5 Å². The second kappa shape index (κ2) is 10.4. The molecule has 0 fully saturated rings. The lowest BCUT2D eigenvalue weighted by molar-refractivity contribution is -0.120. The quantitative estimate of drug-likeness (QED) is 0.320. The summed E-state index contributed by atoms with van der Waals surface area (Å²) in [6.07, 6.45) is 3.54. The molecule has 160 valence electrons. The number of ketones is 1. The van der Waals surface area contributed by atoms with E-state index in [-0.39, 0.29) is 16.7 Å². The third kappa shape index (κ3) is 6.63. The summed E-state index contributed by atoms with van der Waals surface area (Å²) in [7, 11) is 1.61.